The highest BCUT2D eigenvalue weighted by molar-refractivity contribution is 5.85. The quantitative estimate of drug-likeness (QED) is 0.839. The lowest BCUT2D eigenvalue weighted by Gasteiger charge is -2.15. The number of likely N-dealkylation sites (tertiary alicyclic amines) is 1. The molecule has 1 amide bonds. The molecule has 6 heteroatoms. The van der Waals surface area contributed by atoms with Crippen LogP contribution < -0.4 is 5.32 Å². The number of benzene rings is 1. The molecule has 2 heterocycles. The lowest BCUT2D eigenvalue weighted by molar-refractivity contribution is -0.145. The average Bonchev–Trinajstić information content (AvgIpc) is 3.20. The monoisotopic (exact) mass is 342 g/mol. The van der Waals surface area contributed by atoms with E-state index in [4.69, 9.17) is 4.42 Å². The molecular weight excluding hydrogens is 320 g/mol. The van der Waals surface area contributed by atoms with E-state index in [1.54, 1.807) is 6.07 Å². The fourth-order valence-electron chi connectivity index (χ4n) is 3.26. The minimum atomic E-state index is -0.926. The Bertz CT molecular complexity index is 741. The Hall–Kier alpha value is -2.60. The van der Waals surface area contributed by atoms with Gasteiger partial charge in [0.2, 0.25) is 5.91 Å². The Balaban J connectivity index is 1.61. The van der Waals surface area contributed by atoms with E-state index >= 15 is 0 Å². The second kappa shape index (κ2) is 7.53. The van der Waals surface area contributed by atoms with Gasteiger partial charge in [-0.3, -0.25) is 14.5 Å². The highest BCUT2D eigenvalue weighted by atomic mass is 16.4. The molecule has 1 fully saturated rings. The topological polar surface area (TPSA) is 82.8 Å². The Labute approximate surface area is 146 Å². The molecule has 1 aromatic carbocycles. The third kappa shape index (κ3) is 4.28. The number of carbonyl (C=O) groups is 2. The van der Waals surface area contributed by atoms with Crippen LogP contribution in [0.15, 0.2) is 46.9 Å². The molecule has 25 heavy (non-hydrogen) atoms. The van der Waals surface area contributed by atoms with Gasteiger partial charge < -0.3 is 14.8 Å². The second-order valence-corrected chi connectivity index (χ2v) is 6.46. The number of carboxylic acids is 1. The maximum absolute atomic E-state index is 12.5. The minimum absolute atomic E-state index is 0.239. The number of amides is 1. The molecular formula is C19H22N2O4. The van der Waals surface area contributed by atoms with Gasteiger partial charge in [0.05, 0.1) is 18.4 Å². The lowest BCUT2D eigenvalue weighted by atomic mass is 9.95. The van der Waals surface area contributed by atoms with Gasteiger partial charge in [-0.2, -0.15) is 0 Å². The lowest BCUT2D eigenvalue weighted by Crippen LogP contribution is -2.37. The third-order valence-electron chi connectivity index (χ3n) is 4.53. The second-order valence-electron chi connectivity index (χ2n) is 6.46. The van der Waals surface area contributed by atoms with Crippen molar-refractivity contribution in [2.45, 2.75) is 20.0 Å². The molecule has 3 rings (SSSR count). The summed E-state index contributed by atoms with van der Waals surface area (Å²) in [5.74, 6) is -0.972. The number of carbonyl (C=O) groups excluding carboxylic acids is 1. The van der Waals surface area contributed by atoms with E-state index in [0.717, 1.165) is 11.3 Å². The van der Waals surface area contributed by atoms with Crippen molar-refractivity contribution in [3.05, 3.63) is 59.5 Å². The Kier molecular flexibility index (Phi) is 5.19. The molecule has 0 saturated carbocycles. The van der Waals surface area contributed by atoms with Crippen molar-refractivity contribution in [3.63, 3.8) is 0 Å². The summed E-state index contributed by atoms with van der Waals surface area (Å²) >= 11 is 0. The number of nitrogens with one attached hydrogen (secondary N) is 1. The maximum Gasteiger partial charge on any atom is 0.308 e. The molecule has 1 saturated heterocycles. The molecule has 1 aromatic heterocycles. The van der Waals surface area contributed by atoms with Crippen LogP contribution in [0.2, 0.25) is 0 Å². The number of nitrogens with zero attached hydrogens (tertiary/aromatic N) is 1. The fourth-order valence-corrected chi connectivity index (χ4v) is 3.26. The van der Waals surface area contributed by atoms with Crippen LogP contribution in [0.5, 0.6) is 0 Å². The summed E-state index contributed by atoms with van der Waals surface area (Å²) in [4.78, 5) is 26.1. The molecule has 2 aromatic rings. The molecule has 0 spiro atoms. The number of aliphatic carboxylic acids is 1. The molecule has 0 bridgehead atoms. The summed E-state index contributed by atoms with van der Waals surface area (Å²) in [5.41, 5.74) is 1.11. The first kappa shape index (κ1) is 17.2. The third-order valence-corrected chi connectivity index (χ3v) is 4.53. The molecule has 0 unspecified atom stereocenters. The van der Waals surface area contributed by atoms with Gasteiger partial charge in [-0.05, 0) is 24.6 Å². The van der Waals surface area contributed by atoms with Crippen molar-refractivity contribution in [3.8, 4) is 0 Å². The van der Waals surface area contributed by atoms with Gasteiger partial charge in [0.15, 0.2) is 0 Å². The standard InChI is InChI=1S/C19H22N2O4/c1-13-7-8-15(25-13)9-20-18(22)16-11-21(12-17(16)19(23)24)10-14-5-3-2-4-6-14/h2-8,16-17H,9-12H2,1H3,(H,20,22)(H,23,24)/t16-,17+/m0/s1. The van der Waals surface area contributed by atoms with Crippen LogP contribution >= 0.6 is 0 Å². The van der Waals surface area contributed by atoms with Gasteiger partial charge in [0.25, 0.3) is 0 Å². The maximum atomic E-state index is 12.5. The van der Waals surface area contributed by atoms with Gasteiger partial charge in [-0.15, -0.1) is 0 Å². The zero-order valence-electron chi connectivity index (χ0n) is 14.1. The summed E-state index contributed by atoms with van der Waals surface area (Å²) in [6, 6.07) is 13.5. The van der Waals surface area contributed by atoms with Gasteiger partial charge in [0.1, 0.15) is 11.5 Å². The molecule has 0 radical (unpaired) electrons. The number of furan rings is 1. The van der Waals surface area contributed by atoms with Gasteiger partial charge in [-0.25, -0.2) is 0 Å². The van der Waals surface area contributed by atoms with Crippen molar-refractivity contribution in [2.75, 3.05) is 13.1 Å². The van der Waals surface area contributed by atoms with Gasteiger partial charge >= 0.3 is 5.97 Å². The van der Waals surface area contributed by atoms with Crippen LogP contribution in [-0.4, -0.2) is 35.0 Å². The van der Waals surface area contributed by atoms with Gasteiger partial charge in [0, 0.05) is 19.6 Å². The van der Waals surface area contributed by atoms with Crippen LogP contribution in [-0.2, 0) is 22.7 Å². The predicted molar refractivity (Wildman–Crippen MR) is 91.6 cm³/mol. The van der Waals surface area contributed by atoms with Crippen LogP contribution in [0.1, 0.15) is 17.1 Å². The first-order chi connectivity index (χ1) is 12.0. The Morgan fingerprint density at radius 1 is 1.16 bits per heavy atom. The first-order valence-electron chi connectivity index (χ1n) is 8.35. The van der Waals surface area contributed by atoms with Crippen molar-refractivity contribution in [1.29, 1.82) is 0 Å². The Morgan fingerprint density at radius 2 is 1.88 bits per heavy atom. The molecule has 6 nitrogen and oxygen atoms in total. The van der Waals surface area contributed by atoms with Crippen LogP contribution in [0.4, 0.5) is 0 Å². The highest BCUT2D eigenvalue weighted by Crippen LogP contribution is 2.25. The summed E-state index contributed by atoms with van der Waals surface area (Å²) in [7, 11) is 0. The fraction of sp³-hybridized carbons (Fsp3) is 0.368. The normalized spacial score (nSPS) is 20.5. The van der Waals surface area contributed by atoms with E-state index in [0.29, 0.717) is 25.4 Å². The van der Waals surface area contributed by atoms with E-state index in [9.17, 15) is 14.7 Å². The predicted octanol–water partition coefficient (Wildman–Crippen LogP) is 2.04. The summed E-state index contributed by atoms with van der Waals surface area (Å²) in [5, 5.41) is 12.3. The minimum Gasteiger partial charge on any atom is -0.481 e. The van der Waals surface area contributed by atoms with E-state index in [1.807, 2.05) is 48.2 Å². The van der Waals surface area contributed by atoms with Gasteiger partial charge in [-0.1, -0.05) is 30.3 Å². The molecule has 1 aliphatic rings. The number of carboxylic acid groups (broad SMARTS) is 1. The van der Waals surface area contributed by atoms with E-state index in [-0.39, 0.29) is 12.5 Å². The zero-order valence-corrected chi connectivity index (χ0v) is 14.1. The number of hydrogen-bond donors (Lipinski definition) is 2. The summed E-state index contributed by atoms with van der Waals surface area (Å²) in [6.07, 6.45) is 0. The molecule has 2 N–H and O–H groups in total. The van der Waals surface area contributed by atoms with E-state index < -0.39 is 17.8 Å². The van der Waals surface area contributed by atoms with Crippen LogP contribution in [0, 0.1) is 18.8 Å². The van der Waals surface area contributed by atoms with Crippen molar-refractivity contribution < 1.29 is 19.1 Å². The highest BCUT2D eigenvalue weighted by Gasteiger charge is 2.41. The molecule has 1 aliphatic heterocycles. The SMILES string of the molecule is Cc1ccc(CNC(=O)[C@H]2CN(Cc3ccccc3)C[C@H]2C(=O)O)o1. The van der Waals surface area contributed by atoms with Crippen LogP contribution in [0.3, 0.4) is 0 Å². The van der Waals surface area contributed by atoms with Crippen LogP contribution in [0.25, 0.3) is 0 Å². The van der Waals surface area contributed by atoms with Crippen molar-refractivity contribution >= 4 is 11.9 Å². The summed E-state index contributed by atoms with van der Waals surface area (Å²) < 4.78 is 5.43. The molecule has 0 aliphatic carbocycles. The average molecular weight is 342 g/mol. The largest absolute Gasteiger partial charge is 0.481 e. The Morgan fingerprint density at radius 3 is 2.52 bits per heavy atom. The van der Waals surface area contributed by atoms with Crippen molar-refractivity contribution in [2.24, 2.45) is 11.8 Å². The number of hydrogen-bond acceptors (Lipinski definition) is 4. The van der Waals surface area contributed by atoms with Crippen molar-refractivity contribution in [1.82, 2.24) is 10.2 Å². The first-order valence-corrected chi connectivity index (χ1v) is 8.35. The number of rotatable bonds is 6. The summed E-state index contributed by atoms with van der Waals surface area (Å²) in [6.45, 7) is 3.57. The molecule has 132 valence electrons. The van der Waals surface area contributed by atoms with E-state index in [1.165, 1.54) is 0 Å². The number of aryl methyl sites for hydroxylation is 1. The zero-order chi connectivity index (χ0) is 17.8. The smallest absolute Gasteiger partial charge is 0.308 e. The molecule has 2 atom stereocenters. The van der Waals surface area contributed by atoms with E-state index in [2.05, 4.69) is 5.32 Å².